The van der Waals surface area contributed by atoms with Crippen LogP contribution in [0.2, 0.25) is 0 Å². The Morgan fingerprint density at radius 1 is 1.16 bits per heavy atom. The molecule has 25 heavy (non-hydrogen) atoms. The third-order valence-electron chi connectivity index (χ3n) is 3.83. The second-order valence-electron chi connectivity index (χ2n) is 6.15. The molecule has 136 valence electrons. The molecule has 0 radical (unpaired) electrons. The summed E-state index contributed by atoms with van der Waals surface area (Å²) in [5.74, 6) is 0. The Kier molecular flexibility index (Phi) is 6.92. The SMILES string of the molecule is CC(C)S(=O)(=O)Nc1ccc(CCNC[C@H](O)c2cccnc2)cc1. The van der Waals surface area contributed by atoms with Crippen molar-refractivity contribution in [2.75, 3.05) is 17.8 Å². The van der Waals surface area contributed by atoms with Crippen molar-refractivity contribution in [2.45, 2.75) is 31.6 Å². The Labute approximate surface area is 149 Å². The zero-order valence-electron chi connectivity index (χ0n) is 14.5. The molecule has 6 nitrogen and oxygen atoms in total. The second kappa shape index (κ2) is 8.94. The van der Waals surface area contributed by atoms with Crippen LogP contribution in [-0.4, -0.2) is 36.8 Å². The van der Waals surface area contributed by atoms with E-state index in [1.165, 1.54) is 0 Å². The number of benzene rings is 1. The van der Waals surface area contributed by atoms with Gasteiger partial charge in [0.1, 0.15) is 0 Å². The number of aromatic nitrogens is 1. The fourth-order valence-electron chi connectivity index (χ4n) is 2.18. The van der Waals surface area contributed by atoms with E-state index in [-0.39, 0.29) is 0 Å². The van der Waals surface area contributed by atoms with Crippen LogP contribution in [-0.2, 0) is 16.4 Å². The Balaban J connectivity index is 1.76. The predicted octanol–water partition coefficient (Wildman–Crippen LogP) is 2.10. The first kappa shape index (κ1) is 19.4. The van der Waals surface area contributed by atoms with Gasteiger partial charge in [-0.1, -0.05) is 18.2 Å². The number of rotatable bonds is 9. The fourth-order valence-corrected chi connectivity index (χ4v) is 2.88. The largest absolute Gasteiger partial charge is 0.387 e. The van der Waals surface area contributed by atoms with E-state index < -0.39 is 21.4 Å². The van der Waals surface area contributed by atoms with Crippen LogP contribution in [0.15, 0.2) is 48.8 Å². The maximum Gasteiger partial charge on any atom is 0.235 e. The van der Waals surface area contributed by atoms with E-state index >= 15 is 0 Å². The van der Waals surface area contributed by atoms with Crippen LogP contribution in [0.25, 0.3) is 0 Å². The highest BCUT2D eigenvalue weighted by Gasteiger charge is 2.15. The number of anilines is 1. The first-order chi connectivity index (χ1) is 11.9. The van der Waals surface area contributed by atoms with Gasteiger partial charge < -0.3 is 10.4 Å². The van der Waals surface area contributed by atoms with E-state index in [9.17, 15) is 13.5 Å². The predicted molar refractivity (Wildman–Crippen MR) is 99.9 cm³/mol. The number of nitrogens with zero attached hydrogens (tertiary/aromatic N) is 1. The van der Waals surface area contributed by atoms with E-state index in [1.807, 2.05) is 18.2 Å². The van der Waals surface area contributed by atoms with Gasteiger partial charge in [-0.3, -0.25) is 9.71 Å². The summed E-state index contributed by atoms with van der Waals surface area (Å²) in [5.41, 5.74) is 2.45. The number of pyridine rings is 1. The Morgan fingerprint density at radius 3 is 2.48 bits per heavy atom. The summed E-state index contributed by atoms with van der Waals surface area (Å²) >= 11 is 0. The van der Waals surface area contributed by atoms with Gasteiger partial charge in [0.05, 0.1) is 11.4 Å². The lowest BCUT2D eigenvalue weighted by atomic mass is 10.1. The average Bonchev–Trinajstić information content (AvgIpc) is 2.60. The third-order valence-corrected chi connectivity index (χ3v) is 5.59. The molecule has 3 N–H and O–H groups in total. The summed E-state index contributed by atoms with van der Waals surface area (Å²) in [6, 6.07) is 11.0. The highest BCUT2D eigenvalue weighted by molar-refractivity contribution is 7.93. The molecule has 1 aromatic heterocycles. The monoisotopic (exact) mass is 363 g/mol. The van der Waals surface area contributed by atoms with E-state index in [4.69, 9.17) is 0 Å². The van der Waals surface area contributed by atoms with E-state index in [0.717, 1.165) is 17.5 Å². The van der Waals surface area contributed by atoms with Crippen molar-refractivity contribution in [3.63, 3.8) is 0 Å². The number of aliphatic hydroxyl groups is 1. The van der Waals surface area contributed by atoms with Crippen LogP contribution in [0.4, 0.5) is 5.69 Å². The molecule has 0 fully saturated rings. The third kappa shape index (κ3) is 6.12. The maximum absolute atomic E-state index is 11.8. The summed E-state index contributed by atoms with van der Waals surface area (Å²) in [7, 11) is -3.32. The minimum atomic E-state index is -3.32. The van der Waals surface area contributed by atoms with E-state index in [0.29, 0.717) is 18.8 Å². The lowest BCUT2D eigenvalue weighted by Crippen LogP contribution is -2.24. The quantitative estimate of drug-likeness (QED) is 0.594. The van der Waals surface area contributed by atoms with Crippen LogP contribution in [0, 0.1) is 0 Å². The van der Waals surface area contributed by atoms with Gasteiger partial charge in [-0.05, 0) is 50.6 Å². The smallest absolute Gasteiger partial charge is 0.235 e. The first-order valence-corrected chi connectivity index (χ1v) is 9.82. The van der Waals surface area contributed by atoms with Gasteiger partial charge in [0.15, 0.2) is 0 Å². The molecule has 0 aliphatic carbocycles. The summed E-state index contributed by atoms with van der Waals surface area (Å²) in [6.45, 7) is 4.46. The topological polar surface area (TPSA) is 91.3 Å². The van der Waals surface area contributed by atoms with E-state index in [1.54, 1.807) is 44.4 Å². The molecule has 1 atom stereocenters. The highest BCUT2D eigenvalue weighted by Crippen LogP contribution is 2.14. The molecule has 0 amide bonds. The molecular weight excluding hydrogens is 338 g/mol. The highest BCUT2D eigenvalue weighted by atomic mass is 32.2. The molecule has 0 unspecified atom stereocenters. The van der Waals surface area contributed by atoms with Gasteiger partial charge >= 0.3 is 0 Å². The fraction of sp³-hybridized carbons (Fsp3) is 0.389. The van der Waals surface area contributed by atoms with Gasteiger partial charge in [-0.15, -0.1) is 0 Å². The zero-order valence-corrected chi connectivity index (χ0v) is 15.3. The summed E-state index contributed by atoms with van der Waals surface area (Å²) < 4.78 is 26.2. The summed E-state index contributed by atoms with van der Waals surface area (Å²) in [4.78, 5) is 3.99. The van der Waals surface area contributed by atoms with Crippen LogP contribution < -0.4 is 10.0 Å². The lowest BCUT2D eigenvalue weighted by Gasteiger charge is -2.12. The van der Waals surface area contributed by atoms with Crippen LogP contribution in [0.1, 0.15) is 31.1 Å². The normalized spacial score (nSPS) is 13.0. The van der Waals surface area contributed by atoms with Crippen molar-refractivity contribution in [3.05, 3.63) is 59.9 Å². The van der Waals surface area contributed by atoms with Crippen LogP contribution in [0.5, 0.6) is 0 Å². The molecule has 0 bridgehead atoms. The summed E-state index contributed by atoms with van der Waals surface area (Å²) in [6.07, 6.45) is 3.54. The molecule has 0 saturated heterocycles. The number of nitrogens with one attached hydrogen (secondary N) is 2. The molecule has 1 heterocycles. The molecule has 7 heteroatoms. The summed E-state index contributed by atoms with van der Waals surface area (Å²) in [5, 5.41) is 12.8. The Hall–Kier alpha value is -1.96. The number of hydrogen-bond acceptors (Lipinski definition) is 5. The Morgan fingerprint density at radius 2 is 1.88 bits per heavy atom. The number of aliphatic hydroxyl groups excluding tert-OH is 1. The lowest BCUT2D eigenvalue weighted by molar-refractivity contribution is 0.174. The van der Waals surface area contributed by atoms with Gasteiger partial charge in [0.2, 0.25) is 10.0 Å². The molecular formula is C18H25N3O3S. The van der Waals surface area contributed by atoms with Crippen molar-refractivity contribution in [2.24, 2.45) is 0 Å². The molecule has 1 aromatic carbocycles. The van der Waals surface area contributed by atoms with Gasteiger partial charge in [-0.25, -0.2) is 8.42 Å². The van der Waals surface area contributed by atoms with Crippen molar-refractivity contribution >= 4 is 15.7 Å². The molecule has 0 aliphatic rings. The van der Waals surface area contributed by atoms with Crippen molar-refractivity contribution in [3.8, 4) is 0 Å². The molecule has 0 aliphatic heterocycles. The van der Waals surface area contributed by atoms with Crippen molar-refractivity contribution in [1.82, 2.24) is 10.3 Å². The maximum atomic E-state index is 11.8. The minimum absolute atomic E-state index is 0.456. The van der Waals surface area contributed by atoms with Crippen molar-refractivity contribution < 1.29 is 13.5 Å². The van der Waals surface area contributed by atoms with Gasteiger partial charge in [0, 0.05) is 30.2 Å². The number of sulfonamides is 1. The molecule has 0 spiro atoms. The average molecular weight is 363 g/mol. The van der Waals surface area contributed by atoms with Crippen LogP contribution in [0.3, 0.4) is 0 Å². The molecule has 2 aromatic rings. The zero-order chi connectivity index (χ0) is 18.3. The van der Waals surface area contributed by atoms with Crippen molar-refractivity contribution in [1.29, 1.82) is 0 Å². The minimum Gasteiger partial charge on any atom is -0.387 e. The van der Waals surface area contributed by atoms with Gasteiger partial charge in [-0.2, -0.15) is 0 Å². The molecule has 2 rings (SSSR count). The number of hydrogen-bond donors (Lipinski definition) is 3. The van der Waals surface area contributed by atoms with Gasteiger partial charge in [0.25, 0.3) is 0 Å². The Bertz CT molecular complexity index is 747. The van der Waals surface area contributed by atoms with Crippen LogP contribution >= 0.6 is 0 Å². The second-order valence-corrected chi connectivity index (χ2v) is 8.39. The standard InChI is InChI=1S/C18H25N3O3S/c1-14(2)25(23,24)21-17-7-5-15(6-8-17)9-11-20-13-18(22)16-4-3-10-19-12-16/h3-8,10,12,14,18,20-22H,9,11,13H2,1-2H3/t18-/m0/s1. The molecule has 0 saturated carbocycles. The first-order valence-electron chi connectivity index (χ1n) is 8.28. The van der Waals surface area contributed by atoms with E-state index in [2.05, 4.69) is 15.0 Å².